The molecule has 1 atom stereocenters. The van der Waals surface area contributed by atoms with Crippen LogP contribution < -0.4 is 5.32 Å². The molecule has 0 amide bonds. The van der Waals surface area contributed by atoms with Crippen LogP contribution in [0.25, 0.3) is 11.0 Å². The Bertz CT molecular complexity index is 606. The number of rotatable bonds is 8. The van der Waals surface area contributed by atoms with Crippen LogP contribution in [0.3, 0.4) is 0 Å². The summed E-state index contributed by atoms with van der Waals surface area (Å²) in [6, 6.07) is 8.40. The summed E-state index contributed by atoms with van der Waals surface area (Å²) in [5.74, 6) is 3.94. The third-order valence-corrected chi connectivity index (χ3v) is 3.84. The van der Waals surface area contributed by atoms with E-state index in [-0.39, 0.29) is 6.04 Å². The molecule has 2 aromatic rings. The van der Waals surface area contributed by atoms with Crippen LogP contribution in [0.2, 0.25) is 0 Å². The first-order valence-electron chi connectivity index (χ1n) is 7.98. The van der Waals surface area contributed by atoms with Crippen LogP contribution in [0.5, 0.6) is 0 Å². The summed E-state index contributed by atoms with van der Waals surface area (Å²) in [4.78, 5) is 0. The average molecular weight is 283 g/mol. The number of benzene rings is 1. The maximum absolute atomic E-state index is 6.04. The topological polar surface area (TPSA) is 25.2 Å². The van der Waals surface area contributed by atoms with Gasteiger partial charge in [0.15, 0.2) is 0 Å². The van der Waals surface area contributed by atoms with Gasteiger partial charge in [-0.2, -0.15) is 0 Å². The SMILES string of the molecule is C#CC(CCC)NCc1c(CCCC)oc2ccccc12. The molecule has 0 radical (unpaired) electrons. The molecule has 0 saturated carbocycles. The van der Waals surface area contributed by atoms with Gasteiger partial charge in [0, 0.05) is 23.9 Å². The third kappa shape index (κ3) is 3.89. The van der Waals surface area contributed by atoms with E-state index in [4.69, 9.17) is 10.8 Å². The first kappa shape index (κ1) is 15.7. The minimum Gasteiger partial charge on any atom is -0.461 e. The van der Waals surface area contributed by atoms with E-state index in [1.807, 2.05) is 12.1 Å². The van der Waals surface area contributed by atoms with Gasteiger partial charge in [-0.05, 0) is 18.9 Å². The summed E-state index contributed by atoms with van der Waals surface area (Å²) in [6.07, 6.45) is 11.0. The van der Waals surface area contributed by atoms with Crippen molar-refractivity contribution in [2.24, 2.45) is 0 Å². The van der Waals surface area contributed by atoms with E-state index < -0.39 is 0 Å². The van der Waals surface area contributed by atoms with Crippen molar-refractivity contribution in [3.05, 3.63) is 35.6 Å². The highest BCUT2D eigenvalue weighted by molar-refractivity contribution is 5.82. The Morgan fingerprint density at radius 1 is 1.24 bits per heavy atom. The van der Waals surface area contributed by atoms with Crippen molar-refractivity contribution in [1.82, 2.24) is 5.32 Å². The number of hydrogen-bond donors (Lipinski definition) is 1. The van der Waals surface area contributed by atoms with Crippen molar-refractivity contribution in [2.45, 2.75) is 58.5 Å². The maximum atomic E-state index is 6.04. The molecule has 0 spiro atoms. The first-order valence-corrected chi connectivity index (χ1v) is 7.98. The number of hydrogen-bond acceptors (Lipinski definition) is 2. The molecule has 1 aromatic heterocycles. The number of terminal acetylenes is 1. The molecule has 1 unspecified atom stereocenters. The number of nitrogens with one attached hydrogen (secondary N) is 1. The minimum atomic E-state index is 0.141. The molecule has 0 aliphatic carbocycles. The highest BCUT2D eigenvalue weighted by Gasteiger charge is 2.14. The second-order valence-electron chi connectivity index (χ2n) is 5.49. The van der Waals surface area contributed by atoms with Gasteiger partial charge < -0.3 is 4.42 Å². The molecule has 1 heterocycles. The van der Waals surface area contributed by atoms with E-state index in [0.29, 0.717) is 0 Å². The van der Waals surface area contributed by atoms with E-state index >= 15 is 0 Å². The number of furan rings is 1. The Kier molecular flexibility index (Phi) is 5.90. The lowest BCUT2D eigenvalue weighted by molar-refractivity contribution is 0.514. The molecule has 0 aliphatic heterocycles. The van der Waals surface area contributed by atoms with Gasteiger partial charge in [-0.1, -0.05) is 50.8 Å². The monoisotopic (exact) mass is 283 g/mol. The molecule has 0 saturated heterocycles. The molecule has 0 aliphatic rings. The zero-order valence-corrected chi connectivity index (χ0v) is 13.1. The van der Waals surface area contributed by atoms with Crippen molar-refractivity contribution in [1.29, 1.82) is 0 Å². The van der Waals surface area contributed by atoms with E-state index in [9.17, 15) is 0 Å². The molecule has 1 N–H and O–H groups in total. The van der Waals surface area contributed by atoms with Gasteiger partial charge in [-0.3, -0.25) is 5.32 Å². The van der Waals surface area contributed by atoms with Crippen LogP contribution in [0.4, 0.5) is 0 Å². The van der Waals surface area contributed by atoms with Crippen molar-refractivity contribution < 1.29 is 4.42 Å². The largest absolute Gasteiger partial charge is 0.461 e. The van der Waals surface area contributed by atoms with Crippen LogP contribution in [-0.4, -0.2) is 6.04 Å². The molecule has 0 fully saturated rings. The van der Waals surface area contributed by atoms with E-state index in [0.717, 1.165) is 43.6 Å². The van der Waals surface area contributed by atoms with E-state index in [2.05, 4.69) is 37.2 Å². The van der Waals surface area contributed by atoms with Crippen molar-refractivity contribution in [3.8, 4) is 12.3 Å². The molecular weight excluding hydrogens is 258 g/mol. The highest BCUT2D eigenvalue weighted by atomic mass is 16.3. The minimum absolute atomic E-state index is 0.141. The Labute approximate surface area is 127 Å². The quantitative estimate of drug-likeness (QED) is 0.712. The smallest absolute Gasteiger partial charge is 0.134 e. The molecular formula is C19H25NO. The van der Waals surface area contributed by atoms with Crippen LogP contribution >= 0.6 is 0 Å². The fourth-order valence-corrected chi connectivity index (χ4v) is 2.64. The zero-order valence-electron chi connectivity index (χ0n) is 13.1. The lowest BCUT2D eigenvalue weighted by Crippen LogP contribution is -2.27. The van der Waals surface area contributed by atoms with Gasteiger partial charge in [0.1, 0.15) is 11.3 Å². The molecule has 1 aromatic carbocycles. The summed E-state index contributed by atoms with van der Waals surface area (Å²) < 4.78 is 6.04. The van der Waals surface area contributed by atoms with Gasteiger partial charge in [-0.15, -0.1) is 6.42 Å². The van der Waals surface area contributed by atoms with Crippen molar-refractivity contribution in [2.75, 3.05) is 0 Å². The maximum Gasteiger partial charge on any atom is 0.134 e. The predicted octanol–water partition coefficient (Wildman–Crippen LogP) is 4.67. The summed E-state index contributed by atoms with van der Waals surface area (Å²) in [5, 5.41) is 4.70. The molecule has 2 heteroatoms. The third-order valence-electron chi connectivity index (χ3n) is 3.84. The zero-order chi connectivity index (χ0) is 15.1. The van der Waals surface area contributed by atoms with Crippen LogP contribution in [-0.2, 0) is 13.0 Å². The summed E-state index contributed by atoms with van der Waals surface area (Å²) in [5.41, 5.74) is 2.25. The van der Waals surface area contributed by atoms with Crippen LogP contribution in [0.15, 0.2) is 28.7 Å². The van der Waals surface area contributed by atoms with Crippen LogP contribution in [0.1, 0.15) is 50.9 Å². The first-order chi connectivity index (χ1) is 10.3. The second kappa shape index (κ2) is 7.90. The molecule has 2 nitrogen and oxygen atoms in total. The predicted molar refractivity (Wildman–Crippen MR) is 89.2 cm³/mol. The second-order valence-corrected chi connectivity index (χ2v) is 5.49. The number of fused-ring (bicyclic) bond motifs is 1. The van der Waals surface area contributed by atoms with E-state index in [1.54, 1.807) is 0 Å². The molecule has 0 bridgehead atoms. The Morgan fingerprint density at radius 3 is 2.76 bits per heavy atom. The number of aryl methyl sites for hydroxylation is 1. The summed E-state index contributed by atoms with van der Waals surface area (Å²) in [6.45, 7) is 5.15. The molecule has 21 heavy (non-hydrogen) atoms. The van der Waals surface area contributed by atoms with Crippen LogP contribution in [0, 0.1) is 12.3 Å². The lowest BCUT2D eigenvalue weighted by Gasteiger charge is -2.12. The fourth-order valence-electron chi connectivity index (χ4n) is 2.64. The van der Waals surface area contributed by atoms with Crippen molar-refractivity contribution in [3.63, 3.8) is 0 Å². The molecule has 2 rings (SSSR count). The normalized spacial score (nSPS) is 12.4. The lowest BCUT2D eigenvalue weighted by atomic mass is 10.1. The van der Waals surface area contributed by atoms with Gasteiger partial charge in [0.05, 0.1) is 6.04 Å². The molecule has 112 valence electrons. The Hall–Kier alpha value is -1.72. The van der Waals surface area contributed by atoms with Gasteiger partial charge in [0.2, 0.25) is 0 Å². The standard InChI is InChI=1S/C19H25NO/c1-4-7-12-19-17(14-20-15(6-3)10-5-2)16-11-8-9-13-18(16)21-19/h3,8-9,11,13,15,20H,4-5,7,10,12,14H2,1-2H3. The highest BCUT2D eigenvalue weighted by Crippen LogP contribution is 2.27. The van der Waals surface area contributed by atoms with E-state index in [1.165, 1.54) is 17.4 Å². The van der Waals surface area contributed by atoms with Gasteiger partial charge in [0.25, 0.3) is 0 Å². The summed E-state index contributed by atoms with van der Waals surface area (Å²) >= 11 is 0. The van der Waals surface area contributed by atoms with Gasteiger partial charge >= 0.3 is 0 Å². The average Bonchev–Trinajstić information content (AvgIpc) is 2.87. The Balaban J connectivity index is 2.21. The summed E-state index contributed by atoms with van der Waals surface area (Å²) in [7, 11) is 0. The fraction of sp³-hybridized carbons (Fsp3) is 0.474. The number of unbranched alkanes of at least 4 members (excludes halogenated alkanes) is 1. The van der Waals surface area contributed by atoms with Gasteiger partial charge in [-0.25, -0.2) is 0 Å². The van der Waals surface area contributed by atoms with Crippen molar-refractivity contribution >= 4 is 11.0 Å². The Morgan fingerprint density at radius 2 is 2.05 bits per heavy atom. The number of para-hydroxylation sites is 1.